The van der Waals surface area contributed by atoms with Crippen LogP contribution in [0.1, 0.15) is 18.1 Å². The summed E-state index contributed by atoms with van der Waals surface area (Å²) < 4.78 is 27.0. The Morgan fingerprint density at radius 3 is 2.38 bits per heavy atom. The fourth-order valence-electron chi connectivity index (χ4n) is 1.83. The van der Waals surface area contributed by atoms with E-state index in [0.29, 0.717) is 11.4 Å². The third-order valence-electron chi connectivity index (χ3n) is 3.00. The summed E-state index contributed by atoms with van der Waals surface area (Å²) in [5, 5.41) is 11.8. The molecular weight excluding hydrogens is 288 g/mol. The van der Waals surface area contributed by atoms with Crippen LogP contribution in [-0.2, 0) is 10.0 Å². The van der Waals surface area contributed by atoms with Gasteiger partial charge in [0.1, 0.15) is 0 Å². The van der Waals surface area contributed by atoms with Crippen LogP contribution in [0.3, 0.4) is 0 Å². The first-order valence-electron chi connectivity index (χ1n) is 6.31. The lowest BCUT2D eigenvalue weighted by Crippen LogP contribution is -2.13. The van der Waals surface area contributed by atoms with Crippen LogP contribution in [0, 0.1) is 6.92 Å². The molecule has 0 bridgehead atoms. The van der Waals surface area contributed by atoms with Gasteiger partial charge in [-0.2, -0.15) is 0 Å². The van der Waals surface area contributed by atoms with E-state index in [1.165, 1.54) is 0 Å². The van der Waals surface area contributed by atoms with Crippen molar-refractivity contribution in [2.45, 2.75) is 18.7 Å². The summed E-state index contributed by atoms with van der Waals surface area (Å²) in [5.74, 6) is 0. The largest absolute Gasteiger partial charge is 0.411 e. The Morgan fingerprint density at radius 1 is 1.14 bits per heavy atom. The summed E-state index contributed by atoms with van der Waals surface area (Å²) in [4.78, 5) is 0.222. The van der Waals surface area contributed by atoms with Crippen molar-refractivity contribution >= 4 is 21.4 Å². The summed E-state index contributed by atoms with van der Waals surface area (Å²) in [6.45, 7) is 3.50. The molecule has 0 saturated heterocycles. The molecule has 0 unspecified atom stereocenters. The van der Waals surface area contributed by atoms with Crippen molar-refractivity contribution in [2.24, 2.45) is 5.16 Å². The van der Waals surface area contributed by atoms with Gasteiger partial charge < -0.3 is 5.21 Å². The van der Waals surface area contributed by atoms with Gasteiger partial charge in [0.05, 0.1) is 10.6 Å². The van der Waals surface area contributed by atoms with E-state index in [1.54, 1.807) is 49.4 Å². The van der Waals surface area contributed by atoms with Gasteiger partial charge >= 0.3 is 0 Å². The fourth-order valence-corrected chi connectivity index (χ4v) is 3.00. The fraction of sp³-hybridized carbons (Fsp3) is 0.133. The number of nitrogens with zero attached hydrogens (tertiary/aromatic N) is 1. The zero-order valence-corrected chi connectivity index (χ0v) is 12.6. The van der Waals surface area contributed by atoms with Crippen molar-refractivity contribution in [3.63, 3.8) is 0 Å². The van der Waals surface area contributed by atoms with Gasteiger partial charge in [-0.3, -0.25) is 4.72 Å². The number of anilines is 1. The van der Waals surface area contributed by atoms with Crippen LogP contribution in [-0.4, -0.2) is 19.3 Å². The monoisotopic (exact) mass is 304 g/mol. The lowest BCUT2D eigenvalue weighted by molar-refractivity contribution is 0.319. The zero-order valence-electron chi connectivity index (χ0n) is 11.7. The van der Waals surface area contributed by atoms with Crippen LogP contribution in [0.2, 0.25) is 0 Å². The molecule has 0 saturated carbocycles. The summed E-state index contributed by atoms with van der Waals surface area (Å²) in [6, 6.07) is 13.3. The first-order valence-corrected chi connectivity index (χ1v) is 7.79. The van der Waals surface area contributed by atoms with Gasteiger partial charge in [0.25, 0.3) is 10.0 Å². The molecule has 0 heterocycles. The molecule has 2 rings (SSSR count). The third-order valence-corrected chi connectivity index (χ3v) is 4.38. The van der Waals surface area contributed by atoms with Crippen molar-refractivity contribution in [1.29, 1.82) is 0 Å². The SMILES string of the molecule is C/C(=N\O)c1ccc(NS(=O)(=O)c2cccc(C)c2)cc1. The second-order valence-corrected chi connectivity index (χ2v) is 6.37. The molecule has 2 aromatic carbocycles. The van der Waals surface area contributed by atoms with Gasteiger partial charge in [-0.1, -0.05) is 29.4 Å². The van der Waals surface area contributed by atoms with Crippen molar-refractivity contribution < 1.29 is 13.6 Å². The predicted molar refractivity (Wildman–Crippen MR) is 82.4 cm³/mol. The second kappa shape index (κ2) is 5.97. The van der Waals surface area contributed by atoms with Gasteiger partial charge in [0.15, 0.2) is 0 Å². The molecule has 2 aromatic rings. The van der Waals surface area contributed by atoms with E-state index in [0.717, 1.165) is 11.1 Å². The molecular formula is C15H16N2O3S. The molecule has 0 aromatic heterocycles. The molecule has 0 aliphatic heterocycles. The number of benzene rings is 2. The average molecular weight is 304 g/mol. The first kappa shape index (κ1) is 15.1. The number of hydrogen-bond donors (Lipinski definition) is 2. The van der Waals surface area contributed by atoms with Gasteiger partial charge in [-0.15, -0.1) is 0 Å². The highest BCUT2D eigenvalue weighted by molar-refractivity contribution is 7.92. The van der Waals surface area contributed by atoms with E-state index in [2.05, 4.69) is 9.88 Å². The number of aryl methyl sites for hydroxylation is 1. The highest BCUT2D eigenvalue weighted by atomic mass is 32.2. The molecule has 2 N–H and O–H groups in total. The smallest absolute Gasteiger partial charge is 0.261 e. The molecule has 6 heteroatoms. The minimum absolute atomic E-state index is 0.222. The molecule has 0 spiro atoms. The maximum atomic E-state index is 12.3. The minimum Gasteiger partial charge on any atom is -0.411 e. The lowest BCUT2D eigenvalue weighted by atomic mass is 10.1. The Hall–Kier alpha value is -2.34. The van der Waals surface area contributed by atoms with Crippen LogP contribution in [0.25, 0.3) is 0 Å². The molecule has 0 radical (unpaired) electrons. The van der Waals surface area contributed by atoms with Crippen LogP contribution < -0.4 is 4.72 Å². The third kappa shape index (κ3) is 3.61. The van der Waals surface area contributed by atoms with Gasteiger partial charge in [0.2, 0.25) is 0 Å². The Labute approximate surface area is 124 Å². The Morgan fingerprint density at radius 2 is 1.81 bits per heavy atom. The van der Waals surface area contributed by atoms with Gasteiger partial charge in [-0.05, 0) is 49.2 Å². The molecule has 0 fully saturated rings. The van der Waals surface area contributed by atoms with Crippen molar-refractivity contribution in [2.75, 3.05) is 4.72 Å². The van der Waals surface area contributed by atoms with Crippen LogP contribution in [0.4, 0.5) is 5.69 Å². The molecule has 0 amide bonds. The second-order valence-electron chi connectivity index (χ2n) is 4.68. The predicted octanol–water partition coefficient (Wildman–Crippen LogP) is 2.99. The van der Waals surface area contributed by atoms with E-state index in [-0.39, 0.29) is 4.90 Å². The Kier molecular flexibility index (Phi) is 4.28. The van der Waals surface area contributed by atoms with Gasteiger partial charge in [0, 0.05) is 5.69 Å². The van der Waals surface area contributed by atoms with Crippen LogP contribution >= 0.6 is 0 Å². The number of sulfonamides is 1. The first-order chi connectivity index (χ1) is 9.92. The number of hydrogen-bond acceptors (Lipinski definition) is 4. The normalized spacial score (nSPS) is 12.2. The summed E-state index contributed by atoms with van der Waals surface area (Å²) in [5.41, 5.74) is 2.51. The number of rotatable bonds is 4. The summed E-state index contributed by atoms with van der Waals surface area (Å²) in [7, 11) is -3.60. The Balaban J connectivity index is 2.25. The van der Waals surface area contributed by atoms with E-state index in [4.69, 9.17) is 5.21 Å². The molecule has 110 valence electrons. The quantitative estimate of drug-likeness (QED) is 0.518. The van der Waals surface area contributed by atoms with Crippen molar-refractivity contribution in [3.8, 4) is 0 Å². The molecule has 0 aliphatic carbocycles. The topological polar surface area (TPSA) is 78.8 Å². The zero-order chi connectivity index (χ0) is 15.5. The molecule has 0 atom stereocenters. The van der Waals surface area contributed by atoms with Crippen molar-refractivity contribution in [3.05, 3.63) is 59.7 Å². The molecule has 5 nitrogen and oxygen atoms in total. The van der Waals surface area contributed by atoms with Crippen molar-refractivity contribution in [1.82, 2.24) is 0 Å². The summed E-state index contributed by atoms with van der Waals surface area (Å²) >= 11 is 0. The van der Waals surface area contributed by atoms with Crippen LogP contribution in [0.5, 0.6) is 0 Å². The highest BCUT2D eigenvalue weighted by Gasteiger charge is 2.14. The maximum Gasteiger partial charge on any atom is 0.261 e. The van der Waals surface area contributed by atoms with E-state index >= 15 is 0 Å². The summed E-state index contributed by atoms with van der Waals surface area (Å²) in [6.07, 6.45) is 0. The highest BCUT2D eigenvalue weighted by Crippen LogP contribution is 2.17. The Bertz CT molecular complexity index is 766. The van der Waals surface area contributed by atoms with E-state index < -0.39 is 10.0 Å². The maximum absolute atomic E-state index is 12.3. The van der Waals surface area contributed by atoms with E-state index in [9.17, 15) is 8.42 Å². The van der Waals surface area contributed by atoms with E-state index in [1.807, 2.05) is 13.0 Å². The van der Waals surface area contributed by atoms with Crippen LogP contribution in [0.15, 0.2) is 58.6 Å². The number of oxime groups is 1. The standard InChI is InChI=1S/C15H16N2O3S/c1-11-4-3-5-15(10-11)21(19,20)17-14-8-6-13(7-9-14)12(2)16-18/h3-10,17-18H,1-2H3/b16-12+. The lowest BCUT2D eigenvalue weighted by Gasteiger charge is -2.09. The number of nitrogens with one attached hydrogen (secondary N) is 1. The van der Waals surface area contributed by atoms with Gasteiger partial charge in [-0.25, -0.2) is 8.42 Å². The molecule has 21 heavy (non-hydrogen) atoms. The molecule has 0 aliphatic rings. The minimum atomic E-state index is -3.60. The average Bonchev–Trinajstić information content (AvgIpc) is 2.47.